The normalized spacial score (nSPS) is 12.3. The van der Waals surface area contributed by atoms with Gasteiger partial charge in [0.05, 0.1) is 16.3 Å². The summed E-state index contributed by atoms with van der Waals surface area (Å²) in [6, 6.07) is 2.86. The van der Waals surface area contributed by atoms with Crippen LogP contribution in [0.4, 0.5) is 9.57 Å². The minimum Gasteiger partial charge on any atom is -0.398 e. The Hall–Kier alpha value is -1.15. The van der Waals surface area contributed by atoms with Crippen molar-refractivity contribution in [2.75, 3.05) is 11.5 Å². The molecule has 0 bridgehead atoms. The Balaban J connectivity index is 2.16. The van der Waals surface area contributed by atoms with Crippen LogP contribution in [0.3, 0.4) is 0 Å². The monoisotopic (exact) mass is 463 g/mol. The van der Waals surface area contributed by atoms with Crippen LogP contribution in [0.15, 0.2) is 28.0 Å². The highest BCUT2D eigenvalue weighted by atomic mass is 32.3. The summed E-state index contributed by atoms with van der Waals surface area (Å²) >= 11 is 0. The number of nitrogen functional groups attached to an aromatic ring is 1. The lowest BCUT2D eigenvalue weighted by Gasteiger charge is -2.08. The molecule has 0 heterocycles. The number of benzene rings is 1. The standard InChI is InChI=1S/C22H38FNO4S2/c1-2-3-4-5-6-7-8-9-10-11-12-13-14-15-18-29(25,26)22-17-16-20(19-21(22)24)30(23,27)28/h16-17,19H,2-15,18,24H2,1H3. The zero-order valence-corrected chi connectivity index (χ0v) is 19.9. The molecule has 2 N–H and O–H groups in total. The van der Waals surface area contributed by atoms with E-state index in [1.165, 1.54) is 64.2 Å². The first-order chi connectivity index (χ1) is 14.2. The second-order valence-electron chi connectivity index (χ2n) is 8.05. The molecule has 5 nitrogen and oxygen atoms in total. The highest BCUT2D eigenvalue weighted by Gasteiger charge is 2.20. The molecular weight excluding hydrogens is 425 g/mol. The van der Waals surface area contributed by atoms with Crippen molar-refractivity contribution in [2.24, 2.45) is 0 Å². The van der Waals surface area contributed by atoms with E-state index in [2.05, 4.69) is 6.92 Å². The van der Waals surface area contributed by atoms with Gasteiger partial charge in [-0.2, -0.15) is 8.42 Å². The van der Waals surface area contributed by atoms with Gasteiger partial charge in [-0.25, -0.2) is 8.42 Å². The maximum Gasteiger partial charge on any atom is 0.332 e. The number of nitrogens with two attached hydrogens (primary N) is 1. The number of anilines is 1. The smallest absolute Gasteiger partial charge is 0.332 e. The van der Waals surface area contributed by atoms with E-state index in [0.29, 0.717) is 6.42 Å². The van der Waals surface area contributed by atoms with Gasteiger partial charge in [-0.05, 0) is 24.6 Å². The topological polar surface area (TPSA) is 94.3 Å². The number of sulfone groups is 1. The van der Waals surface area contributed by atoms with Gasteiger partial charge in [0, 0.05) is 0 Å². The first-order valence-corrected chi connectivity index (χ1v) is 14.3. The van der Waals surface area contributed by atoms with Crippen molar-refractivity contribution >= 4 is 25.7 Å². The molecule has 0 fully saturated rings. The van der Waals surface area contributed by atoms with E-state index in [1.54, 1.807) is 0 Å². The van der Waals surface area contributed by atoms with Crippen molar-refractivity contribution < 1.29 is 20.7 Å². The Kier molecular flexibility index (Phi) is 12.6. The van der Waals surface area contributed by atoms with Crippen LogP contribution >= 0.6 is 0 Å². The average molecular weight is 464 g/mol. The molecule has 0 spiro atoms. The van der Waals surface area contributed by atoms with Crippen molar-refractivity contribution in [3.63, 3.8) is 0 Å². The van der Waals surface area contributed by atoms with E-state index < -0.39 is 25.0 Å². The van der Waals surface area contributed by atoms with Crippen LogP contribution in [0.1, 0.15) is 96.8 Å². The Labute approximate surface area is 182 Å². The molecule has 8 heteroatoms. The SMILES string of the molecule is CCCCCCCCCCCCCCCCS(=O)(=O)c1ccc(S(=O)(=O)F)cc1N. The van der Waals surface area contributed by atoms with E-state index in [-0.39, 0.29) is 16.3 Å². The fourth-order valence-corrected chi connectivity index (χ4v) is 5.55. The van der Waals surface area contributed by atoms with Crippen LogP contribution in [0, 0.1) is 0 Å². The van der Waals surface area contributed by atoms with Gasteiger partial charge in [-0.1, -0.05) is 90.4 Å². The maximum absolute atomic E-state index is 13.0. The molecule has 0 radical (unpaired) electrons. The van der Waals surface area contributed by atoms with Crippen molar-refractivity contribution in [1.29, 1.82) is 0 Å². The molecule has 0 atom stereocenters. The summed E-state index contributed by atoms with van der Waals surface area (Å²) in [7, 11) is -8.52. The van der Waals surface area contributed by atoms with Crippen LogP contribution < -0.4 is 5.73 Å². The summed E-state index contributed by atoms with van der Waals surface area (Å²) in [4.78, 5) is -0.764. The second kappa shape index (κ2) is 14.0. The molecule has 0 amide bonds. The van der Waals surface area contributed by atoms with Crippen LogP contribution in [0.25, 0.3) is 0 Å². The minimum atomic E-state index is -4.90. The number of hydrogen-bond acceptors (Lipinski definition) is 5. The van der Waals surface area contributed by atoms with Crippen molar-refractivity contribution in [3.05, 3.63) is 18.2 Å². The third kappa shape index (κ3) is 10.8. The Morgan fingerprint density at radius 3 is 1.57 bits per heavy atom. The highest BCUT2D eigenvalue weighted by molar-refractivity contribution is 7.91. The molecule has 174 valence electrons. The van der Waals surface area contributed by atoms with Gasteiger partial charge in [-0.15, -0.1) is 3.89 Å². The van der Waals surface area contributed by atoms with E-state index in [9.17, 15) is 20.7 Å². The molecule has 0 aliphatic carbocycles. The predicted octanol–water partition coefficient (Wildman–Crippen LogP) is 6.18. The molecular formula is C22H38FNO4S2. The lowest BCUT2D eigenvalue weighted by Crippen LogP contribution is -2.10. The first kappa shape index (κ1) is 26.9. The van der Waals surface area contributed by atoms with E-state index >= 15 is 0 Å². The molecule has 0 aliphatic heterocycles. The maximum atomic E-state index is 13.0. The number of hydrogen-bond donors (Lipinski definition) is 1. The lowest BCUT2D eigenvalue weighted by molar-refractivity contribution is 0.537. The molecule has 0 aliphatic rings. The Morgan fingerprint density at radius 1 is 0.733 bits per heavy atom. The summed E-state index contributed by atoms with van der Waals surface area (Å²) in [5.74, 6) is -0.0447. The molecule has 0 unspecified atom stereocenters. The summed E-state index contributed by atoms with van der Waals surface area (Å²) in [5, 5.41) is 0. The molecule has 0 saturated heterocycles. The molecule has 1 rings (SSSR count). The van der Waals surface area contributed by atoms with Crippen LogP contribution in [0.2, 0.25) is 0 Å². The third-order valence-electron chi connectivity index (χ3n) is 5.36. The molecule has 30 heavy (non-hydrogen) atoms. The molecule has 1 aromatic carbocycles. The summed E-state index contributed by atoms with van der Waals surface area (Å²) in [6.45, 7) is 2.23. The van der Waals surface area contributed by atoms with Gasteiger partial charge in [0.2, 0.25) is 0 Å². The number of rotatable bonds is 17. The van der Waals surface area contributed by atoms with E-state index in [1.807, 2.05) is 0 Å². The lowest BCUT2D eigenvalue weighted by atomic mass is 10.0. The van der Waals surface area contributed by atoms with E-state index in [0.717, 1.165) is 37.5 Å². The first-order valence-electron chi connectivity index (χ1n) is 11.3. The quantitative estimate of drug-likeness (QED) is 0.169. The van der Waals surface area contributed by atoms with Crippen molar-refractivity contribution in [2.45, 2.75) is 107 Å². The van der Waals surface area contributed by atoms with Crippen LogP contribution in [-0.2, 0) is 20.1 Å². The van der Waals surface area contributed by atoms with Crippen LogP contribution in [-0.4, -0.2) is 22.6 Å². The van der Waals surface area contributed by atoms with Gasteiger partial charge in [0.15, 0.2) is 9.84 Å². The zero-order valence-electron chi connectivity index (χ0n) is 18.2. The van der Waals surface area contributed by atoms with Crippen LogP contribution in [0.5, 0.6) is 0 Å². The van der Waals surface area contributed by atoms with Gasteiger partial charge in [0.25, 0.3) is 0 Å². The largest absolute Gasteiger partial charge is 0.398 e. The number of unbranched alkanes of at least 4 members (excludes halogenated alkanes) is 13. The minimum absolute atomic E-state index is 0.0447. The third-order valence-corrected chi connectivity index (χ3v) is 8.05. The van der Waals surface area contributed by atoms with Crippen molar-refractivity contribution in [3.8, 4) is 0 Å². The van der Waals surface area contributed by atoms with Crippen molar-refractivity contribution in [1.82, 2.24) is 0 Å². The van der Waals surface area contributed by atoms with Gasteiger partial charge in [0.1, 0.15) is 4.90 Å². The fraction of sp³-hybridized carbons (Fsp3) is 0.727. The van der Waals surface area contributed by atoms with Gasteiger partial charge < -0.3 is 5.73 Å². The summed E-state index contributed by atoms with van der Waals surface area (Å²) in [6.07, 6.45) is 16.6. The zero-order chi connectivity index (χ0) is 22.5. The molecule has 1 aromatic rings. The molecule has 0 saturated carbocycles. The summed E-state index contributed by atoms with van der Waals surface area (Å²) < 4.78 is 59.6. The number of halogens is 1. The van der Waals surface area contributed by atoms with Gasteiger partial charge in [-0.3, -0.25) is 0 Å². The van der Waals surface area contributed by atoms with E-state index in [4.69, 9.17) is 5.73 Å². The fourth-order valence-electron chi connectivity index (χ4n) is 3.56. The van der Waals surface area contributed by atoms with Gasteiger partial charge >= 0.3 is 10.2 Å². The Morgan fingerprint density at radius 2 is 1.17 bits per heavy atom. The second-order valence-corrected chi connectivity index (χ2v) is 11.5. The molecule has 0 aromatic heterocycles. The average Bonchev–Trinajstić information content (AvgIpc) is 2.67. The summed E-state index contributed by atoms with van der Waals surface area (Å²) in [5.41, 5.74) is 5.41. The highest BCUT2D eigenvalue weighted by Crippen LogP contribution is 2.25. The predicted molar refractivity (Wildman–Crippen MR) is 122 cm³/mol. The Bertz CT molecular complexity index is 824.